The number of benzene rings is 1. The minimum atomic E-state index is 0.136. The number of rotatable bonds is 7. The van der Waals surface area contributed by atoms with E-state index in [9.17, 15) is 0 Å². The van der Waals surface area contributed by atoms with Crippen LogP contribution >= 0.6 is 0 Å². The van der Waals surface area contributed by atoms with Crippen molar-refractivity contribution in [2.75, 3.05) is 13.2 Å². The second-order valence-corrected chi connectivity index (χ2v) is 4.18. The topological polar surface area (TPSA) is 34.4 Å². The zero-order chi connectivity index (χ0) is 12.6. The van der Waals surface area contributed by atoms with Gasteiger partial charge in [0.05, 0.1) is 25.5 Å². The number of hydrogen-bond donors (Lipinski definition) is 1. The molecule has 0 amide bonds. The molecule has 2 rings (SSSR count). The van der Waals surface area contributed by atoms with Gasteiger partial charge >= 0.3 is 0 Å². The maximum atomic E-state index is 5.75. The van der Waals surface area contributed by atoms with Crippen molar-refractivity contribution in [2.45, 2.75) is 19.6 Å². The van der Waals surface area contributed by atoms with Crippen LogP contribution in [0.4, 0.5) is 0 Å². The smallest absolute Gasteiger partial charge is 0.117 e. The van der Waals surface area contributed by atoms with Crippen molar-refractivity contribution in [3.63, 3.8) is 0 Å². The van der Waals surface area contributed by atoms with E-state index < -0.39 is 0 Å². The number of furan rings is 1. The monoisotopic (exact) mass is 245 g/mol. The van der Waals surface area contributed by atoms with Gasteiger partial charge in [0.15, 0.2) is 0 Å². The van der Waals surface area contributed by atoms with Crippen molar-refractivity contribution in [1.82, 2.24) is 5.32 Å². The molecule has 1 N–H and O–H groups in total. The molecule has 1 atom stereocenters. The lowest BCUT2D eigenvalue weighted by Crippen LogP contribution is -2.19. The Morgan fingerprint density at radius 2 is 2.00 bits per heavy atom. The molecule has 0 fully saturated rings. The van der Waals surface area contributed by atoms with Crippen LogP contribution in [0.2, 0.25) is 0 Å². The Bertz CT molecular complexity index is 425. The molecule has 0 aliphatic rings. The van der Waals surface area contributed by atoms with Crippen molar-refractivity contribution in [1.29, 1.82) is 0 Å². The van der Waals surface area contributed by atoms with Crippen molar-refractivity contribution in [3.05, 3.63) is 60.1 Å². The Morgan fingerprint density at radius 1 is 1.17 bits per heavy atom. The van der Waals surface area contributed by atoms with Crippen LogP contribution in [0.25, 0.3) is 0 Å². The molecule has 0 bridgehead atoms. The first kappa shape index (κ1) is 12.9. The molecule has 0 aliphatic heterocycles. The summed E-state index contributed by atoms with van der Waals surface area (Å²) in [6.45, 7) is 4.33. The van der Waals surface area contributed by atoms with Crippen molar-refractivity contribution in [3.8, 4) is 0 Å². The van der Waals surface area contributed by atoms with Crippen LogP contribution in [0.1, 0.15) is 24.4 Å². The number of hydrogen-bond acceptors (Lipinski definition) is 3. The maximum absolute atomic E-state index is 5.75. The summed E-state index contributed by atoms with van der Waals surface area (Å²) in [5, 5.41) is 3.28. The van der Waals surface area contributed by atoms with Gasteiger partial charge in [0.2, 0.25) is 0 Å². The lowest BCUT2D eigenvalue weighted by atomic mass is 10.1. The van der Waals surface area contributed by atoms with Crippen LogP contribution in [-0.2, 0) is 11.3 Å². The quantitative estimate of drug-likeness (QED) is 0.761. The molecule has 0 saturated carbocycles. The maximum Gasteiger partial charge on any atom is 0.117 e. The van der Waals surface area contributed by atoms with Crippen molar-refractivity contribution < 1.29 is 9.15 Å². The Morgan fingerprint density at radius 3 is 2.72 bits per heavy atom. The molecular formula is C15H19NO2. The summed E-state index contributed by atoms with van der Waals surface area (Å²) in [4.78, 5) is 0. The molecule has 18 heavy (non-hydrogen) atoms. The third-order valence-corrected chi connectivity index (χ3v) is 2.80. The first-order chi connectivity index (χ1) is 8.86. The molecule has 1 unspecified atom stereocenters. The highest BCUT2D eigenvalue weighted by molar-refractivity contribution is 5.16. The average molecular weight is 245 g/mol. The summed E-state index contributed by atoms with van der Waals surface area (Å²) in [5.41, 5.74) is 1.21. The number of ether oxygens (including phenoxy) is 1. The van der Waals surface area contributed by atoms with Gasteiger partial charge < -0.3 is 14.5 Å². The van der Waals surface area contributed by atoms with Crippen LogP contribution in [0, 0.1) is 0 Å². The summed E-state index contributed by atoms with van der Waals surface area (Å²) >= 11 is 0. The van der Waals surface area contributed by atoms with E-state index in [0.717, 1.165) is 18.8 Å². The van der Waals surface area contributed by atoms with E-state index in [1.165, 1.54) is 5.56 Å². The molecule has 0 radical (unpaired) electrons. The standard InChI is InChI=1S/C15H19NO2/c1-13(14-6-3-2-4-7-14)17-11-9-16-12-15-8-5-10-18-15/h2-8,10,13,16H,9,11-12H2,1H3. The van der Waals surface area contributed by atoms with E-state index in [1.54, 1.807) is 6.26 Å². The normalized spacial score (nSPS) is 12.5. The zero-order valence-electron chi connectivity index (χ0n) is 10.6. The van der Waals surface area contributed by atoms with Crippen molar-refractivity contribution >= 4 is 0 Å². The van der Waals surface area contributed by atoms with Crippen LogP contribution in [-0.4, -0.2) is 13.2 Å². The van der Waals surface area contributed by atoms with Gasteiger partial charge in [-0.1, -0.05) is 30.3 Å². The third kappa shape index (κ3) is 4.02. The predicted octanol–water partition coefficient (Wildman–Crippen LogP) is 3.15. The van der Waals surface area contributed by atoms with E-state index >= 15 is 0 Å². The van der Waals surface area contributed by atoms with Gasteiger partial charge in [-0.3, -0.25) is 0 Å². The molecule has 1 heterocycles. The van der Waals surface area contributed by atoms with E-state index in [-0.39, 0.29) is 6.10 Å². The second-order valence-electron chi connectivity index (χ2n) is 4.18. The van der Waals surface area contributed by atoms with Gasteiger partial charge in [-0.25, -0.2) is 0 Å². The van der Waals surface area contributed by atoms with E-state index in [4.69, 9.17) is 9.15 Å². The molecule has 96 valence electrons. The fourth-order valence-electron chi connectivity index (χ4n) is 1.75. The Hall–Kier alpha value is -1.58. The minimum absolute atomic E-state index is 0.136. The molecule has 1 aromatic carbocycles. The second kappa shape index (κ2) is 6.99. The van der Waals surface area contributed by atoms with Crippen LogP contribution in [0.15, 0.2) is 53.1 Å². The molecule has 1 aromatic heterocycles. The van der Waals surface area contributed by atoms with Gasteiger partial charge in [0.25, 0.3) is 0 Å². The molecule has 3 nitrogen and oxygen atoms in total. The van der Waals surface area contributed by atoms with Crippen LogP contribution < -0.4 is 5.32 Å². The van der Waals surface area contributed by atoms with Crippen LogP contribution in [0.5, 0.6) is 0 Å². The Labute approximate surface area is 108 Å². The fraction of sp³-hybridized carbons (Fsp3) is 0.333. The van der Waals surface area contributed by atoms with E-state index in [2.05, 4.69) is 24.4 Å². The highest BCUT2D eigenvalue weighted by atomic mass is 16.5. The summed E-state index contributed by atoms with van der Waals surface area (Å²) in [6, 6.07) is 14.1. The fourth-order valence-corrected chi connectivity index (χ4v) is 1.75. The summed E-state index contributed by atoms with van der Waals surface area (Å²) in [7, 11) is 0. The third-order valence-electron chi connectivity index (χ3n) is 2.80. The first-order valence-corrected chi connectivity index (χ1v) is 6.26. The van der Waals surface area contributed by atoms with Gasteiger partial charge in [0.1, 0.15) is 5.76 Å². The molecule has 0 spiro atoms. The lowest BCUT2D eigenvalue weighted by molar-refractivity contribution is 0.0674. The molecular weight excluding hydrogens is 226 g/mol. The summed E-state index contributed by atoms with van der Waals surface area (Å²) < 4.78 is 11.0. The largest absolute Gasteiger partial charge is 0.468 e. The van der Waals surface area contributed by atoms with E-state index in [0.29, 0.717) is 6.61 Å². The van der Waals surface area contributed by atoms with Gasteiger partial charge in [0, 0.05) is 6.54 Å². The lowest BCUT2D eigenvalue weighted by Gasteiger charge is -2.13. The van der Waals surface area contributed by atoms with E-state index in [1.807, 2.05) is 30.3 Å². The highest BCUT2D eigenvalue weighted by Gasteiger charge is 2.03. The predicted molar refractivity (Wildman–Crippen MR) is 71.2 cm³/mol. The van der Waals surface area contributed by atoms with Gasteiger partial charge in [-0.15, -0.1) is 0 Å². The summed E-state index contributed by atoms with van der Waals surface area (Å²) in [5.74, 6) is 0.950. The van der Waals surface area contributed by atoms with Gasteiger partial charge in [-0.05, 0) is 24.6 Å². The zero-order valence-corrected chi connectivity index (χ0v) is 10.6. The molecule has 2 aromatic rings. The van der Waals surface area contributed by atoms with Gasteiger partial charge in [-0.2, -0.15) is 0 Å². The first-order valence-electron chi connectivity index (χ1n) is 6.26. The number of nitrogens with one attached hydrogen (secondary N) is 1. The Kier molecular flexibility index (Phi) is 5.00. The summed E-state index contributed by atoms with van der Waals surface area (Å²) in [6.07, 6.45) is 1.82. The average Bonchev–Trinajstić information content (AvgIpc) is 2.92. The molecule has 0 aliphatic carbocycles. The molecule has 3 heteroatoms. The molecule has 0 saturated heterocycles. The van der Waals surface area contributed by atoms with Crippen molar-refractivity contribution in [2.24, 2.45) is 0 Å². The highest BCUT2D eigenvalue weighted by Crippen LogP contribution is 2.15. The van der Waals surface area contributed by atoms with Crippen LogP contribution in [0.3, 0.4) is 0 Å². The Balaban J connectivity index is 1.61. The minimum Gasteiger partial charge on any atom is -0.468 e. The SMILES string of the molecule is CC(OCCNCc1ccco1)c1ccccc1.